The SMILES string of the molecule is Cc1ccccc1CN(C)N=O. The topological polar surface area (TPSA) is 32.7 Å². The van der Waals surface area contributed by atoms with Gasteiger partial charge in [0.05, 0.1) is 11.8 Å². The Morgan fingerprint density at radius 2 is 2.08 bits per heavy atom. The first-order valence-corrected chi connectivity index (χ1v) is 3.83. The van der Waals surface area contributed by atoms with Gasteiger partial charge >= 0.3 is 0 Å². The van der Waals surface area contributed by atoms with E-state index in [1.807, 2.05) is 31.2 Å². The zero-order valence-corrected chi connectivity index (χ0v) is 7.32. The minimum absolute atomic E-state index is 0.580. The van der Waals surface area contributed by atoms with Crippen molar-refractivity contribution in [2.24, 2.45) is 5.29 Å². The van der Waals surface area contributed by atoms with Gasteiger partial charge in [0, 0.05) is 7.05 Å². The Morgan fingerprint density at radius 3 is 2.67 bits per heavy atom. The fourth-order valence-electron chi connectivity index (χ4n) is 1.06. The van der Waals surface area contributed by atoms with Crippen LogP contribution in [0.3, 0.4) is 0 Å². The van der Waals surface area contributed by atoms with Gasteiger partial charge in [-0.2, -0.15) is 0 Å². The van der Waals surface area contributed by atoms with Gasteiger partial charge in [0.2, 0.25) is 0 Å². The minimum Gasteiger partial charge on any atom is -0.260 e. The number of benzene rings is 1. The zero-order chi connectivity index (χ0) is 8.97. The highest BCUT2D eigenvalue weighted by Crippen LogP contribution is 2.08. The van der Waals surface area contributed by atoms with Gasteiger partial charge in [0.1, 0.15) is 0 Å². The second-order valence-corrected chi connectivity index (χ2v) is 2.82. The van der Waals surface area contributed by atoms with Gasteiger partial charge in [-0.15, -0.1) is 4.91 Å². The van der Waals surface area contributed by atoms with Crippen LogP contribution in [0.4, 0.5) is 0 Å². The van der Waals surface area contributed by atoms with Crippen LogP contribution in [0.25, 0.3) is 0 Å². The van der Waals surface area contributed by atoms with Crippen molar-refractivity contribution in [1.82, 2.24) is 5.01 Å². The van der Waals surface area contributed by atoms with Gasteiger partial charge in [-0.05, 0) is 18.1 Å². The summed E-state index contributed by atoms with van der Waals surface area (Å²) in [5.74, 6) is 0. The van der Waals surface area contributed by atoms with Crippen LogP contribution in [-0.4, -0.2) is 12.1 Å². The molecule has 0 spiro atoms. The van der Waals surface area contributed by atoms with Crippen LogP contribution >= 0.6 is 0 Å². The highest BCUT2D eigenvalue weighted by molar-refractivity contribution is 5.25. The standard InChI is InChI=1S/C9H12N2O/c1-8-5-3-4-6-9(8)7-11(2)10-12/h3-6H,7H2,1-2H3. The predicted octanol–water partition coefficient (Wildman–Crippen LogP) is 2.11. The molecule has 0 heterocycles. The van der Waals surface area contributed by atoms with Gasteiger partial charge in [0.15, 0.2) is 0 Å². The molecule has 0 aliphatic rings. The van der Waals surface area contributed by atoms with E-state index in [2.05, 4.69) is 5.29 Å². The Kier molecular flexibility index (Phi) is 2.80. The maximum atomic E-state index is 10.1. The number of hydrogen-bond acceptors (Lipinski definition) is 2. The van der Waals surface area contributed by atoms with Crippen LogP contribution in [0.1, 0.15) is 11.1 Å². The molecule has 0 fully saturated rings. The largest absolute Gasteiger partial charge is 0.260 e. The molecule has 0 aliphatic heterocycles. The Hall–Kier alpha value is -1.38. The molecule has 0 radical (unpaired) electrons. The fraction of sp³-hybridized carbons (Fsp3) is 0.333. The summed E-state index contributed by atoms with van der Waals surface area (Å²) in [6.07, 6.45) is 0. The summed E-state index contributed by atoms with van der Waals surface area (Å²) in [6.45, 7) is 2.60. The van der Waals surface area contributed by atoms with Crippen molar-refractivity contribution in [3.8, 4) is 0 Å². The van der Waals surface area contributed by atoms with Crippen molar-refractivity contribution in [3.05, 3.63) is 40.3 Å². The molecule has 1 aromatic rings. The van der Waals surface area contributed by atoms with Gasteiger partial charge in [-0.25, -0.2) is 0 Å². The van der Waals surface area contributed by atoms with E-state index in [0.717, 1.165) is 5.56 Å². The van der Waals surface area contributed by atoms with Crippen molar-refractivity contribution in [1.29, 1.82) is 0 Å². The van der Waals surface area contributed by atoms with Crippen LogP contribution in [0.5, 0.6) is 0 Å². The lowest BCUT2D eigenvalue weighted by molar-refractivity contribution is 0.341. The molecule has 0 aliphatic carbocycles. The van der Waals surface area contributed by atoms with Crippen molar-refractivity contribution in [2.45, 2.75) is 13.5 Å². The van der Waals surface area contributed by atoms with Crippen LogP contribution in [-0.2, 0) is 6.54 Å². The summed E-state index contributed by atoms with van der Waals surface area (Å²) in [6, 6.07) is 7.96. The van der Waals surface area contributed by atoms with E-state index in [4.69, 9.17) is 0 Å². The van der Waals surface area contributed by atoms with Crippen LogP contribution < -0.4 is 0 Å². The third-order valence-electron chi connectivity index (χ3n) is 1.80. The summed E-state index contributed by atoms with van der Waals surface area (Å²) in [7, 11) is 1.67. The van der Waals surface area contributed by atoms with E-state index in [1.165, 1.54) is 10.6 Å². The van der Waals surface area contributed by atoms with Gasteiger partial charge in [0.25, 0.3) is 0 Å². The molecule has 12 heavy (non-hydrogen) atoms. The lowest BCUT2D eigenvalue weighted by Gasteiger charge is -2.10. The van der Waals surface area contributed by atoms with Gasteiger partial charge in [-0.3, -0.25) is 5.01 Å². The first-order valence-electron chi connectivity index (χ1n) is 3.83. The number of nitroso groups, excluding NO2 is 1. The maximum absolute atomic E-state index is 10.1. The molecule has 64 valence electrons. The molecular weight excluding hydrogens is 152 g/mol. The number of nitrogens with zero attached hydrogens (tertiary/aromatic N) is 2. The smallest absolute Gasteiger partial charge is 0.0641 e. The summed E-state index contributed by atoms with van der Waals surface area (Å²) < 4.78 is 0. The number of rotatable bonds is 3. The highest BCUT2D eigenvalue weighted by Gasteiger charge is 1.99. The average molecular weight is 164 g/mol. The number of hydrogen-bond donors (Lipinski definition) is 0. The molecule has 3 heteroatoms. The molecule has 0 unspecified atom stereocenters. The van der Waals surface area contributed by atoms with E-state index < -0.39 is 0 Å². The average Bonchev–Trinajstić information content (AvgIpc) is 2.09. The molecule has 0 amide bonds. The summed E-state index contributed by atoms with van der Waals surface area (Å²) in [4.78, 5) is 10.1. The van der Waals surface area contributed by atoms with E-state index in [0.29, 0.717) is 6.54 Å². The quantitative estimate of drug-likeness (QED) is 0.506. The van der Waals surface area contributed by atoms with Crippen LogP contribution in [0, 0.1) is 11.8 Å². The van der Waals surface area contributed by atoms with Crippen molar-refractivity contribution < 1.29 is 0 Å². The fourth-order valence-corrected chi connectivity index (χ4v) is 1.06. The first kappa shape index (κ1) is 8.71. The molecule has 0 saturated heterocycles. The van der Waals surface area contributed by atoms with Crippen molar-refractivity contribution in [2.75, 3.05) is 7.05 Å². The Morgan fingerprint density at radius 1 is 1.42 bits per heavy atom. The van der Waals surface area contributed by atoms with Gasteiger partial charge < -0.3 is 0 Å². The normalized spacial score (nSPS) is 9.50. The third-order valence-corrected chi connectivity index (χ3v) is 1.80. The molecule has 3 nitrogen and oxygen atoms in total. The molecule has 1 aromatic carbocycles. The second-order valence-electron chi connectivity index (χ2n) is 2.82. The molecule has 0 saturated carbocycles. The Balaban J connectivity index is 2.75. The predicted molar refractivity (Wildman–Crippen MR) is 48.4 cm³/mol. The summed E-state index contributed by atoms with van der Waals surface area (Å²) >= 11 is 0. The third kappa shape index (κ3) is 2.05. The zero-order valence-electron chi connectivity index (χ0n) is 7.32. The molecule has 0 aromatic heterocycles. The Bertz CT molecular complexity index is 273. The van der Waals surface area contributed by atoms with Crippen molar-refractivity contribution >= 4 is 0 Å². The monoisotopic (exact) mass is 164 g/mol. The van der Waals surface area contributed by atoms with Crippen LogP contribution in [0.15, 0.2) is 29.6 Å². The second kappa shape index (κ2) is 3.85. The van der Waals surface area contributed by atoms with Crippen molar-refractivity contribution in [3.63, 3.8) is 0 Å². The summed E-state index contributed by atoms with van der Waals surface area (Å²) in [5.41, 5.74) is 2.33. The highest BCUT2D eigenvalue weighted by atomic mass is 16.3. The molecule has 0 atom stereocenters. The lowest BCUT2D eigenvalue weighted by Crippen LogP contribution is -2.09. The molecule has 0 bridgehead atoms. The Labute approximate surface area is 72.0 Å². The molecule has 0 N–H and O–H groups in total. The molecular formula is C9H12N2O. The summed E-state index contributed by atoms with van der Waals surface area (Å²) in [5, 5.41) is 4.19. The molecule has 1 rings (SSSR count). The van der Waals surface area contributed by atoms with E-state index in [-0.39, 0.29) is 0 Å². The van der Waals surface area contributed by atoms with E-state index in [9.17, 15) is 4.91 Å². The first-order chi connectivity index (χ1) is 5.74. The lowest BCUT2D eigenvalue weighted by atomic mass is 10.1. The van der Waals surface area contributed by atoms with E-state index >= 15 is 0 Å². The van der Waals surface area contributed by atoms with Crippen LogP contribution in [0.2, 0.25) is 0 Å². The van der Waals surface area contributed by atoms with Gasteiger partial charge in [-0.1, -0.05) is 24.3 Å². The van der Waals surface area contributed by atoms with E-state index in [1.54, 1.807) is 7.05 Å². The maximum Gasteiger partial charge on any atom is 0.0641 e. The minimum atomic E-state index is 0.580. The number of aryl methyl sites for hydroxylation is 1.